The van der Waals surface area contributed by atoms with Crippen LogP contribution in [-0.2, 0) is 4.74 Å². The normalized spacial score (nSPS) is 14.8. The van der Waals surface area contributed by atoms with Crippen LogP contribution in [0.5, 0.6) is 0 Å². The third-order valence-corrected chi connectivity index (χ3v) is 2.96. The van der Waals surface area contributed by atoms with Gasteiger partial charge in [-0.25, -0.2) is 0 Å². The average molecular weight is 273 g/mol. The smallest absolute Gasteiger partial charge is 0.268 e. The molecule has 1 aromatic rings. The van der Waals surface area contributed by atoms with E-state index in [9.17, 15) is 4.79 Å². The number of amides is 1. The predicted molar refractivity (Wildman–Crippen MR) is 68.0 cm³/mol. The molecule has 100 valence electrons. The summed E-state index contributed by atoms with van der Waals surface area (Å²) in [5, 5.41) is 11.9. The summed E-state index contributed by atoms with van der Waals surface area (Å²) in [6.45, 7) is 1.10. The fraction of sp³-hybridized carbons (Fsp3) is 0.583. The van der Waals surface area contributed by atoms with Crippen molar-refractivity contribution in [3.63, 3.8) is 0 Å². The molecule has 0 aromatic carbocycles. The van der Waals surface area contributed by atoms with Gasteiger partial charge in [0.25, 0.3) is 5.91 Å². The van der Waals surface area contributed by atoms with E-state index in [1.54, 1.807) is 12.3 Å². The van der Waals surface area contributed by atoms with Crippen LogP contribution < -0.4 is 5.32 Å². The first-order valence-electron chi connectivity index (χ1n) is 6.06. The molecule has 0 saturated heterocycles. The van der Waals surface area contributed by atoms with E-state index < -0.39 is 0 Å². The Labute approximate surface area is 111 Å². The number of hydrogen-bond acceptors (Lipinski definition) is 3. The molecule has 1 amide bonds. The summed E-state index contributed by atoms with van der Waals surface area (Å²) >= 11 is 5.93. The summed E-state index contributed by atoms with van der Waals surface area (Å²) in [5.41, 5.74) is 0.602. The molecular weight excluding hydrogens is 256 g/mol. The van der Waals surface area contributed by atoms with E-state index in [4.69, 9.17) is 21.4 Å². The number of rotatable bonds is 7. The third-order valence-electron chi connectivity index (χ3n) is 2.76. The van der Waals surface area contributed by atoms with Crippen molar-refractivity contribution in [3.05, 3.63) is 23.0 Å². The zero-order valence-electron chi connectivity index (χ0n) is 10.1. The van der Waals surface area contributed by atoms with Crippen molar-refractivity contribution >= 4 is 17.5 Å². The van der Waals surface area contributed by atoms with Crippen LogP contribution in [0.1, 0.15) is 29.4 Å². The van der Waals surface area contributed by atoms with E-state index >= 15 is 0 Å². The lowest BCUT2D eigenvalue weighted by Crippen LogP contribution is -2.29. The van der Waals surface area contributed by atoms with Crippen LogP contribution in [0.15, 0.2) is 12.3 Å². The van der Waals surface area contributed by atoms with Crippen molar-refractivity contribution in [1.82, 2.24) is 9.88 Å². The number of ether oxygens (including phenoxy) is 1. The van der Waals surface area contributed by atoms with E-state index in [2.05, 4.69) is 5.32 Å². The van der Waals surface area contributed by atoms with Gasteiger partial charge in [-0.2, -0.15) is 0 Å². The Kier molecular flexibility index (Phi) is 4.63. The Bertz CT molecular complexity index is 415. The van der Waals surface area contributed by atoms with Gasteiger partial charge in [-0.3, -0.25) is 4.79 Å². The summed E-state index contributed by atoms with van der Waals surface area (Å²) in [7, 11) is 0. The molecule has 0 bridgehead atoms. The van der Waals surface area contributed by atoms with Crippen molar-refractivity contribution < 1.29 is 14.6 Å². The maximum Gasteiger partial charge on any atom is 0.268 e. The van der Waals surface area contributed by atoms with E-state index in [-0.39, 0.29) is 12.5 Å². The number of aliphatic hydroxyl groups is 1. The molecule has 6 heteroatoms. The van der Waals surface area contributed by atoms with E-state index in [0.29, 0.717) is 36.5 Å². The molecule has 2 N–H and O–H groups in total. The van der Waals surface area contributed by atoms with Gasteiger partial charge in [-0.15, -0.1) is 0 Å². The predicted octanol–water partition coefficient (Wildman–Crippen LogP) is 1.22. The number of aromatic nitrogens is 1. The zero-order chi connectivity index (χ0) is 13.0. The van der Waals surface area contributed by atoms with Crippen LogP contribution in [0.25, 0.3) is 0 Å². The minimum Gasteiger partial charge on any atom is -0.394 e. The molecule has 0 unspecified atom stereocenters. The van der Waals surface area contributed by atoms with Gasteiger partial charge in [0, 0.05) is 18.8 Å². The van der Waals surface area contributed by atoms with Gasteiger partial charge in [0.05, 0.1) is 24.8 Å². The average Bonchev–Trinajstić information content (AvgIpc) is 3.12. The van der Waals surface area contributed by atoms with Crippen molar-refractivity contribution in [1.29, 1.82) is 0 Å². The largest absolute Gasteiger partial charge is 0.394 e. The highest BCUT2D eigenvalue weighted by Gasteiger charge is 2.27. The Morgan fingerprint density at radius 2 is 2.33 bits per heavy atom. The molecule has 1 fully saturated rings. The molecule has 2 rings (SSSR count). The lowest BCUT2D eigenvalue weighted by Gasteiger charge is -2.08. The molecule has 18 heavy (non-hydrogen) atoms. The standard InChI is InChI=1S/C12H17ClN2O3/c13-9-7-11(15(8-9)10-1-2-10)12(17)14-3-5-18-6-4-16/h7-8,10,16H,1-6H2,(H,14,17). The Morgan fingerprint density at radius 1 is 1.56 bits per heavy atom. The highest BCUT2D eigenvalue weighted by molar-refractivity contribution is 6.31. The van der Waals surface area contributed by atoms with Crippen LogP contribution in [0, 0.1) is 0 Å². The minimum absolute atomic E-state index is 0.00587. The lowest BCUT2D eigenvalue weighted by atomic mass is 10.4. The highest BCUT2D eigenvalue weighted by Crippen LogP contribution is 2.37. The van der Waals surface area contributed by atoms with Gasteiger partial charge in [-0.1, -0.05) is 11.6 Å². The number of aliphatic hydroxyl groups excluding tert-OH is 1. The van der Waals surface area contributed by atoms with Crippen molar-refractivity contribution in [2.24, 2.45) is 0 Å². The number of hydrogen-bond donors (Lipinski definition) is 2. The molecular formula is C12H17ClN2O3. The van der Waals surface area contributed by atoms with Crippen molar-refractivity contribution in [2.45, 2.75) is 18.9 Å². The van der Waals surface area contributed by atoms with Gasteiger partial charge >= 0.3 is 0 Å². The number of carbonyl (C=O) groups excluding carboxylic acids is 1. The van der Waals surface area contributed by atoms with Gasteiger partial charge < -0.3 is 19.7 Å². The fourth-order valence-corrected chi connectivity index (χ4v) is 1.98. The van der Waals surface area contributed by atoms with E-state index in [0.717, 1.165) is 12.8 Å². The number of nitrogens with one attached hydrogen (secondary N) is 1. The van der Waals surface area contributed by atoms with Crippen LogP contribution in [0.4, 0.5) is 0 Å². The first-order valence-corrected chi connectivity index (χ1v) is 6.44. The molecule has 0 radical (unpaired) electrons. The second-order valence-electron chi connectivity index (χ2n) is 4.27. The Hall–Kier alpha value is -1.04. The molecule has 1 heterocycles. The first-order chi connectivity index (χ1) is 8.72. The topological polar surface area (TPSA) is 63.5 Å². The maximum atomic E-state index is 11.9. The SMILES string of the molecule is O=C(NCCOCCO)c1cc(Cl)cn1C1CC1. The number of nitrogens with zero attached hydrogens (tertiary/aromatic N) is 1. The van der Waals surface area contributed by atoms with Crippen LogP contribution in [0.3, 0.4) is 0 Å². The maximum absolute atomic E-state index is 11.9. The molecule has 1 saturated carbocycles. The summed E-state index contributed by atoms with van der Waals surface area (Å²) in [5.74, 6) is -0.138. The number of halogens is 1. The lowest BCUT2D eigenvalue weighted by molar-refractivity contribution is 0.0832. The van der Waals surface area contributed by atoms with Gasteiger partial charge in [0.15, 0.2) is 0 Å². The summed E-state index contributed by atoms with van der Waals surface area (Å²) in [6, 6.07) is 2.10. The molecule has 0 spiro atoms. The molecule has 5 nitrogen and oxygen atoms in total. The monoisotopic (exact) mass is 272 g/mol. The Morgan fingerprint density at radius 3 is 3.00 bits per heavy atom. The minimum atomic E-state index is -0.138. The Balaban J connectivity index is 1.84. The molecule has 1 aromatic heterocycles. The third kappa shape index (κ3) is 3.48. The van der Waals surface area contributed by atoms with Crippen LogP contribution >= 0.6 is 11.6 Å². The van der Waals surface area contributed by atoms with Gasteiger partial charge in [-0.05, 0) is 18.9 Å². The van der Waals surface area contributed by atoms with Crippen LogP contribution in [-0.4, -0.2) is 41.9 Å². The van der Waals surface area contributed by atoms with Gasteiger partial charge in [0.1, 0.15) is 5.69 Å². The zero-order valence-corrected chi connectivity index (χ0v) is 10.8. The summed E-state index contributed by atoms with van der Waals surface area (Å²) < 4.78 is 7.00. The summed E-state index contributed by atoms with van der Waals surface area (Å²) in [4.78, 5) is 11.9. The summed E-state index contributed by atoms with van der Waals surface area (Å²) in [6.07, 6.45) is 4.01. The number of carbonyl (C=O) groups is 1. The van der Waals surface area contributed by atoms with E-state index in [1.165, 1.54) is 0 Å². The second-order valence-corrected chi connectivity index (χ2v) is 4.71. The molecule has 1 aliphatic rings. The molecule has 1 aliphatic carbocycles. The fourth-order valence-electron chi connectivity index (χ4n) is 1.78. The van der Waals surface area contributed by atoms with Crippen molar-refractivity contribution in [3.8, 4) is 0 Å². The molecule has 0 aliphatic heterocycles. The van der Waals surface area contributed by atoms with Crippen molar-refractivity contribution in [2.75, 3.05) is 26.4 Å². The molecule has 0 atom stereocenters. The first kappa shape index (κ1) is 13.4. The van der Waals surface area contributed by atoms with Crippen LogP contribution in [0.2, 0.25) is 5.02 Å². The quantitative estimate of drug-likeness (QED) is 0.734. The highest BCUT2D eigenvalue weighted by atomic mass is 35.5. The van der Waals surface area contributed by atoms with Gasteiger partial charge in [0.2, 0.25) is 0 Å². The second kappa shape index (κ2) is 6.22. The van der Waals surface area contributed by atoms with E-state index in [1.807, 2.05) is 4.57 Å².